The van der Waals surface area contributed by atoms with Gasteiger partial charge in [-0.1, -0.05) is 0 Å². The first kappa shape index (κ1) is 9.99. The van der Waals surface area contributed by atoms with Crippen molar-refractivity contribution in [2.45, 2.75) is 13.3 Å². The highest BCUT2D eigenvalue weighted by molar-refractivity contribution is 5.51. The highest BCUT2D eigenvalue weighted by atomic mass is 16.3. The number of hydrogen-bond donors (Lipinski definition) is 0. The van der Waals surface area contributed by atoms with E-state index in [4.69, 9.17) is 4.42 Å². The van der Waals surface area contributed by atoms with E-state index in [0.717, 1.165) is 30.8 Å². The first-order valence-corrected chi connectivity index (χ1v) is 4.40. The van der Waals surface area contributed by atoms with Crippen LogP contribution in [-0.2, 0) is 11.2 Å². The number of hydrogen-bond acceptors (Lipinski definition) is 3. The molecule has 0 amide bonds. The van der Waals surface area contributed by atoms with Crippen molar-refractivity contribution in [1.82, 2.24) is 4.90 Å². The summed E-state index contributed by atoms with van der Waals surface area (Å²) in [6, 6.07) is 3.93. The number of rotatable bonds is 5. The Balaban J connectivity index is 2.30. The van der Waals surface area contributed by atoms with Crippen molar-refractivity contribution in [1.29, 1.82) is 0 Å². The second-order valence-electron chi connectivity index (χ2n) is 3.19. The molecule has 0 radical (unpaired) electrons. The molecule has 0 aromatic carbocycles. The molecule has 0 saturated heterocycles. The molecular weight excluding hydrogens is 166 g/mol. The van der Waals surface area contributed by atoms with E-state index in [0.29, 0.717) is 6.54 Å². The van der Waals surface area contributed by atoms with Crippen LogP contribution in [0.5, 0.6) is 0 Å². The summed E-state index contributed by atoms with van der Waals surface area (Å²) in [5, 5.41) is 0. The van der Waals surface area contributed by atoms with E-state index in [1.54, 1.807) is 0 Å². The van der Waals surface area contributed by atoms with E-state index >= 15 is 0 Å². The van der Waals surface area contributed by atoms with Gasteiger partial charge in [0.15, 0.2) is 0 Å². The molecule has 0 spiro atoms. The van der Waals surface area contributed by atoms with Crippen molar-refractivity contribution in [3.8, 4) is 0 Å². The Kier molecular flexibility index (Phi) is 3.71. The molecule has 3 heteroatoms. The van der Waals surface area contributed by atoms with Gasteiger partial charge in [-0.25, -0.2) is 0 Å². The van der Waals surface area contributed by atoms with E-state index < -0.39 is 0 Å². The molecule has 1 heterocycles. The Hall–Kier alpha value is -1.09. The fraction of sp³-hybridized carbons (Fsp3) is 0.500. The summed E-state index contributed by atoms with van der Waals surface area (Å²) >= 11 is 0. The topological polar surface area (TPSA) is 33.5 Å². The zero-order valence-corrected chi connectivity index (χ0v) is 8.12. The van der Waals surface area contributed by atoms with Gasteiger partial charge < -0.3 is 9.21 Å². The molecule has 3 nitrogen and oxygen atoms in total. The first-order chi connectivity index (χ1) is 6.22. The smallest absolute Gasteiger partial charge is 0.133 e. The van der Waals surface area contributed by atoms with Crippen LogP contribution in [0.3, 0.4) is 0 Å². The Morgan fingerprint density at radius 2 is 2.31 bits per heavy atom. The lowest BCUT2D eigenvalue weighted by molar-refractivity contribution is -0.108. The van der Waals surface area contributed by atoms with Gasteiger partial charge in [-0.3, -0.25) is 4.90 Å². The minimum Gasteiger partial charge on any atom is -0.466 e. The fourth-order valence-electron chi connectivity index (χ4n) is 1.14. The number of furan rings is 1. The van der Waals surface area contributed by atoms with Gasteiger partial charge >= 0.3 is 0 Å². The maximum atomic E-state index is 10.2. The number of nitrogens with zero attached hydrogens (tertiary/aromatic N) is 1. The SMILES string of the molecule is Cc1ccc(CCN(C)CC=O)o1. The van der Waals surface area contributed by atoms with Gasteiger partial charge in [0.25, 0.3) is 0 Å². The van der Waals surface area contributed by atoms with Crippen LogP contribution >= 0.6 is 0 Å². The Bertz CT molecular complexity index is 268. The molecule has 72 valence electrons. The van der Waals surface area contributed by atoms with Crippen LogP contribution < -0.4 is 0 Å². The number of aldehydes is 1. The summed E-state index contributed by atoms with van der Waals surface area (Å²) in [5.41, 5.74) is 0. The van der Waals surface area contributed by atoms with Gasteiger partial charge in [0.05, 0.1) is 6.54 Å². The maximum absolute atomic E-state index is 10.2. The van der Waals surface area contributed by atoms with Crippen LogP contribution in [0.15, 0.2) is 16.5 Å². The summed E-state index contributed by atoms with van der Waals surface area (Å²) in [6.07, 6.45) is 1.77. The highest BCUT2D eigenvalue weighted by Crippen LogP contribution is 2.06. The highest BCUT2D eigenvalue weighted by Gasteiger charge is 2.01. The molecule has 0 saturated carbocycles. The average Bonchev–Trinajstić information content (AvgIpc) is 2.49. The third-order valence-corrected chi connectivity index (χ3v) is 1.92. The van der Waals surface area contributed by atoms with Crippen LogP contribution in [0.1, 0.15) is 11.5 Å². The Morgan fingerprint density at radius 3 is 2.85 bits per heavy atom. The number of carbonyl (C=O) groups is 1. The molecule has 1 aromatic heterocycles. The molecule has 0 unspecified atom stereocenters. The second-order valence-corrected chi connectivity index (χ2v) is 3.19. The average molecular weight is 181 g/mol. The predicted octanol–water partition coefficient (Wildman–Crippen LogP) is 1.26. The Morgan fingerprint density at radius 1 is 1.54 bits per heavy atom. The van der Waals surface area contributed by atoms with E-state index in [2.05, 4.69) is 0 Å². The quantitative estimate of drug-likeness (QED) is 0.641. The van der Waals surface area contributed by atoms with Gasteiger partial charge in [-0.05, 0) is 26.1 Å². The number of aryl methyl sites for hydroxylation is 1. The lowest BCUT2D eigenvalue weighted by Crippen LogP contribution is -2.22. The fourth-order valence-corrected chi connectivity index (χ4v) is 1.14. The summed E-state index contributed by atoms with van der Waals surface area (Å²) < 4.78 is 5.40. The molecular formula is C10H15NO2. The van der Waals surface area contributed by atoms with Gasteiger partial charge in [0.2, 0.25) is 0 Å². The van der Waals surface area contributed by atoms with E-state index in [1.807, 2.05) is 31.0 Å². The van der Waals surface area contributed by atoms with Crippen molar-refractivity contribution < 1.29 is 9.21 Å². The summed E-state index contributed by atoms with van der Waals surface area (Å²) in [6.45, 7) is 3.27. The van der Waals surface area contributed by atoms with Gasteiger partial charge in [0.1, 0.15) is 17.8 Å². The Labute approximate surface area is 78.3 Å². The molecule has 0 atom stereocenters. The first-order valence-electron chi connectivity index (χ1n) is 4.40. The molecule has 1 rings (SSSR count). The lowest BCUT2D eigenvalue weighted by Gasteiger charge is -2.10. The minimum atomic E-state index is 0.486. The van der Waals surface area contributed by atoms with E-state index in [9.17, 15) is 4.79 Å². The molecule has 0 aliphatic heterocycles. The van der Waals surface area contributed by atoms with Crippen LogP contribution in [-0.4, -0.2) is 31.3 Å². The molecule has 13 heavy (non-hydrogen) atoms. The standard InChI is InChI=1S/C10H15NO2/c1-9-3-4-10(13-9)5-6-11(2)7-8-12/h3-4,8H,5-7H2,1-2H3. The van der Waals surface area contributed by atoms with Crippen LogP contribution in [0, 0.1) is 6.92 Å². The largest absolute Gasteiger partial charge is 0.466 e. The van der Waals surface area contributed by atoms with E-state index in [-0.39, 0.29) is 0 Å². The number of likely N-dealkylation sites (N-methyl/N-ethyl adjacent to an activating group) is 1. The van der Waals surface area contributed by atoms with E-state index in [1.165, 1.54) is 0 Å². The molecule has 0 aliphatic rings. The zero-order valence-electron chi connectivity index (χ0n) is 8.12. The van der Waals surface area contributed by atoms with Crippen LogP contribution in [0.4, 0.5) is 0 Å². The van der Waals surface area contributed by atoms with Gasteiger partial charge in [0, 0.05) is 13.0 Å². The summed E-state index contributed by atoms with van der Waals surface area (Å²) in [4.78, 5) is 12.1. The molecule has 1 aromatic rings. The van der Waals surface area contributed by atoms with Gasteiger partial charge in [-0.15, -0.1) is 0 Å². The summed E-state index contributed by atoms with van der Waals surface area (Å²) in [7, 11) is 1.92. The van der Waals surface area contributed by atoms with Crippen LogP contribution in [0.25, 0.3) is 0 Å². The van der Waals surface area contributed by atoms with Crippen molar-refractivity contribution in [2.75, 3.05) is 20.1 Å². The van der Waals surface area contributed by atoms with Gasteiger partial charge in [-0.2, -0.15) is 0 Å². The van der Waals surface area contributed by atoms with Crippen molar-refractivity contribution in [2.24, 2.45) is 0 Å². The number of carbonyl (C=O) groups excluding carboxylic acids is 1. The van der Waals surface area contributed by atoms with Crippen molar-refractivity contribution in [3.63, 3.8) is 0 Å². The summed E-state index contributed by atoms with van der Waals surface area (Å²) in [5.74, 6) is 1.92. The zero-order chi connectivity index (χ0) is 9.68. The molecule has 0 fully saturated rings. The minimum absolute atomic E-state index is 0.486. The second kappa shape index (κ2) is 4.82. The van der Waals surface area contributed by atoms with Crippen molar-refractivity contribution >= 4 is 6.29 Å². The molecule has 0 aliphatic carbocycles. The van der Waals surface area contributed by atoms with Crippen molar-refractivity contribution in [3.05, 3.63) is 23.7 Å². The predicted molar refractivity (Wildman–Crippen MR) is 50.7 cm³/mol. The van der Waals surface area contributed by atoms with Crippen LogP contribution in [0.2, 0.25) is 0 Å². The third kappa shape index (κ3) is 3.42. The lowest BCUT2D eigenvalue weighted by atomic mass is 10.3. The molecule has 0 N–H and O–H groups in total. The molecule has 0 bridgehead atoms. The normalized spacial score (nSPS) is 10.7. The maximum Gasteiger partial charge on any atom is 0.133 e. The third-order valence-electron chi connectivity index (χ3n) is 1.92. The monoisotopic (exact) mass is 181 g/mol.